The van der Waals surface area contributed by atoms with E-state index in [4.69, 9.17) is 4.74 Å². The van der Waals surface area contributed by atoms with Crippen LogP contribution in [0.2, 0.25) is 0 Å². The molecule has 4 rings (SSSR count). The molecule has 0 saturated carbocycles. The molecule has 3 aromatic rings. The van der Waals surface area contributed by atoms with Gasteiger partial charge in [-0.05, 0) is 55.3 Å². The zero-order valence-electron chi connectivity index (χ0n) is 19.0. The number of para-hydroxylation sites is 2. The Morgan fingerprint density at radius 1 is 1.06 bits per heavy atom. The fourth-order valence-corrected chi connectivity index (χ4v) is 4.53. The second-order valence-electron chi connectivity index (χ2n) is 8.14. The number of nitrogens with zero attached hydrogens (tertiary/aromatic N) is 2. The van der Waals surface area contributed by atoms with Crippen LogP contribution in [0, 0.1) is 5.82 Å². The van der Waals surface area contributed by atoms with E-state index in [1.807, 2.05) is 73.3 Å². The lowest BCUT2D eigenvalue weighted by Crippen LogP contribution is -2.47. The average molecular weight is 447 g/mol. The van der Waals surface area contributed by atoms with E-state index >= 15 is 0 Å². The lowest BCUT2D eigenvalue weighted by Gasteiger charge is -2.43. The van der Waals surface area contributed by atoms with Gasteiger partial charge < -0.3 is 14.5 Å². The molecule has 0 spiro atoms. The van der Waals surface area contributed by atoms with E-state index in [0.717, 1.165) is 16.9 Å². The number of methoxy groups -OCH3 is 1. The number of carbonyl (C=O) groups is 2. The van der Waals surface area contributed by atoms with E-state index in [1.165, 1.54) is 19.2 Å². The molecule has 33 heavy (non-hydrogen) atoms. The van der Waals surface area contributed by atoms with Crippen molar-refractivity contribution in [3.8, 4) is 5.75 Å². The summed E-state index contributed by atoms with van der Waals surface area (Å²) < 4.78 is 19.3. The van der Waals surface area contributed by atoms with E-state index in [2.05, 4.69) is 0 Å². The molecule has 2 atom stereocenters. The number of ether oxygens (including phenoxy) is 1. The Labute approximate surface area is 193 Å². The van der Waals surface area contributed by atoms with Gasteiger partial charge in [-0.3, -0.25) is 9.59 Å². The van der Waals surface area contributed by atoms with Gasteiger partial charge in [0.15, 0.2) is 11.6 Å². The SMILES string of the molecule is CCC(=O)N(c1ccccc1)[C@@H]1C[C@H](C)N(C(=O)c2ccc(OC)c(F)c2)c2ccccc21. The van der Waals surface area contributed by atoms with Gasteiger partial charge in [-0.25, -0.2) is 4.39 Å². The highest BCUT2D eigenvalue weighted by atomic mass is 19.1. The fourth-order valence-electron chi connectivity index (χ4n) is 4.53. The van der Waals surface area contributed by atoms with E-state index < -0.39 is 5.82 Å². The third-order valence-corrected chi connectivity index (χ3v) is 6.10. The first-order valence-electron chi connectivity index (χ1n) is 11.1. The first-order chi connectivity index (χ1) is 16.0. The molecule has 0 saturated heterocycles. The summed E-state index contributed by atoms with van der Waals surface area (Å²) in [6.07, 6.45) is 0.928. The normalized spacial score (nSPS) is 17.3. The highest BCUT2D eigenvalue weighted by Crippen LogP contribution is 2.43. The van der Waals surface area contributed by atoms with Crippen LogP contribution in [-0.2, 0) is 4.79 Å². The van der Waals surface area contributed by atoms with E-state index in [1.54, 1.807) is 11.0 Å². The summed E-state index contributed by atoms with van der Waals surface area (Å²) in [5, 5.41) is 0. The molecule has 0 fully saturated rings. The van der Waals surface area contributed by atoms with Crippen LogP contribution in [0.5, 0.6) is 5.75 Å². The molecule has 1 heterocycles. The van der Waals surface area contributed by atoms with Crippen LogP contribution in [0.1, 0.15) is 48.7 Å². The average Bonchev–Trinajstić information content (AvgIpc) is 2.84. The van der Waals surface area contributed by atoms with Gasteiger partial charge in [0, 0.05) is 29.4 Å². The molecular formula is C27H27FN2O3. The van der Waals surface area contributed by atoms with Crippen LogP contribution < -0.4 is 14.5 Å². The smallest absolute Gasteiger partial charge is 0.258 e. The van der Waals surface area contributed by atoms with Gasteiger partial charge >= 0.3 is 0 Å². The van der Waals surface area contributed by atoms with Gasteiger partial charge in [0.25, 0.3) is 5.91 Å². The van der Waals surface area contributed by atoms with Crippen molar-refractivity contribution in [3.63, 3.8) is 0 Å². The Balaban J connectivity index is 1.77. The third kappa shape index (κ3) is 4.21. The van der Waals surface area contributed by atoms with Crippen molar-refractivity contribution < 1.29 is 18.7 Å². The molecule has 2 amide bonds. The second-order valence-corrected chi connectivity index (χ2v) is 8.14. The number of halogens is 1. The zero-order chi connectivity index (χ0) is 23.5. The van der Waals surface area contributed by atoms with Crippen LogP contribution in [0.3, 0.4) is 0 Å². The van der Waals surface area contributed by atoms with Crippen LogP contribution >= 0.6 is 0 Å². The van der Waals surface area contributed by atoms with Crippen LogP contribution in [0.4, 0.5) is 15.8 Å². The number of anilines is 2. The van der Waals surface area contributed by atoms with Gasteiger partial charge in [-0.2, -0.15) is 0 Å². The number of carbonyl (C=O) groups excluding carboxylic acids is 2. The lowest BCUT2D eigenvalue weighted by molar-refractivity contribution is -0.118. The number of amides is 2. The summed E-state index contributed by atoms with van der Waals surface area (Å²) in [5.74, 6) is -0.758. The molecule has 0 aliphatic carbocycles. The van der Waals surface area contributed by atoms with Crippen molar-refractivity contribution in [1.29, 1.82) is 0 Å². The maximum atomic E-state index is 14.3. The minimum absolute atomic E-state index is 0.0187. The van der Waals surface area contributed by atoms with Crippen molar-refractivity contribution in [3.05, 3.63) is 89.7 Å². The molecule has 0 bridgehead atoms. The van der Waals surface area contributed by atoms with Crippen molar-refractivity contribution in [2.75, 3.05) is 16.9 Å². The summed E-state index contributed by atoms with van der Waals surface area (Å²) in [5.41, 5.74) is 2.70. The summed E-state index contributed by atoms with van der Waals surface area (Å²) in [4.78, 5) is 30.1. The van der Waals surface area contributed by atoms with Crippen molar-refractivity contribution in [2.24, 2.45) is 0 Å². The van der Waals surface area contributed by atoms with Gasteiger partial charge in [0.1, 0.15) is 0 Å². The van der Waals surface area contributed by atoms with Crippen LogP contribution in [0.25, 0.3) is 0 Å². The Morgan fingerprint density at radius 2 is 1.76 bits per heavy atom. The quantitative estimate of drug-likeness (QED) is 0.501. The number of benzene rings is 3. The van der Waals surface area contributed by atoms with E-state index in [-0.39, 0.29) is 35.2 Å². The molecule has 0 N–H and O–H groups in total. The first-order valence-corrected chi connectivity index (χ1v) is 11.1. The maximum absolute atomic E-state index is 14.3. The number of rotatable bonds is 5. The van der Waals surface area contributed by atoms with Crippen molar-refractivity contribution >= 4 is 23.2 Å². The largest absolute Gasteiger partial charge is 0.494 e. The Morgan fingerprint density at radius 3 is 2.42 bits per heavy atom. The summed E-state index contributed by atoms with van der Waals surface area (Å²) in [7, 11) is 1.39. The predicted molar refractivity (Wildman–Crippen MR) is 127 cm³/mol. The van der Waals surface area contributed by atoms with E-state index in [9.17, 15) is 14.0 Å². The van der Waals surface area contributed by atoms with Gasteiger partial charge in [0.2, 0.25) is 5.91 Å². The number of hydrogen-bond acceptors (Lipinski definition) is 3. The summed E-state index contributed by atoms with van der Waals surface area (Å²) in [6.45, 7) is 3.81. The highest BCUT2D eigenvalue weighted by Gasteiger charge is 2.38. The molecule has 0 radical (unpaired) electrons. The van der Waals surface area contributed by atoms with Gasteiger partial charge in [-0.15, -0.1) is 0 Å². The predicted octanol–water partition coefficient (Wildman–Crippen LogP) is 5.76. The van der Waals surface area contributed by atoms with Crippen LogP contribution in [0.15, 0.2) is 72.8 Å². The van der Waals surface area contributed by atoms with Crippen LogP contribution in [-0.4, -0.2) is 25.0 Å². The zero-order valence-corrected chi connectivity index (χ0v) is 19.0. The minimum atomic E-state index is -0.581. The van der Waals surface area contributed by atoms with Crippen molar-refractivity contribution in [1.82, 2.24) is 0 Å². The topological polar surface area (TPSA) is 49.9 Å². The Hall–Kier alpha value is -3.67. The first kappa shape index (κ1) is 22.5. The molecule has 1 aliphatic rings. The van der Waals surface area contributed by atoms with Crippen molar-refractivity contribution in [2.45, 2.75) is 38.8 Å². The standard InChI is InChI=1S/C27H27FN2O3/c1-4-26(31)30(20-10-6-5-7-11-20)24-16-18(2)29(23-13-9-8-12-21(23)24)27(32)19-14-15-25(33-3)22(28)17-19/h5-15,17-18,24H,4,16H2,1-3H3/t18-,24+/m0/s1. The molecular weight excluding hydrogens is 419 g/mol. The molecule has 3 aromatic carbocycles. The van der Waals surface area contributed by atoms with Gasteiger partial charge in [-0.1, -0.05) is 43.3 Å². The lowest BCUT2D eigenvalue weighted by atomic mass is 9.89. The van der Waals surface area contributed by atoms with Gasteiger partial charge in [0.05, 0.1) is 13.2 Å². The number of fused-ring (bicyclic) bond motifs is 1. The highest BCUT2D eigenvalue weighted by molar-refractivity contribution is 6.07. The maximum Gasteiger partial charge on any atom is 0.258 e. The molecule has 1 aliphatic heterocycles. The Bertz CT molecular complexity index is 1170. The molecule has 170 valence electrons. The fraction of sp³-hybridized carbons (Fsp3) is 0.259. The summed E-state index contributed by atoms with van der Waals surface area (Å²) >= 11 is 0. The number of hydrogen-bond donors (Lipinski definition) is 0. The molecule has 0 unspecified atom stereocenters. The monoisotopic (exact) mass is 446 g/mol. The molecule has 5 nitrogen and oxygen atoms in total. The molecule has 0 aromatic heterocycles. The molecule has 6 heteroatoms. The third-order valence-electron chi connectivity index (χ3n) is 6.10. The summed E-state index contributed by atoms with van der Waals surface area (Å²) in [6, 6.07) is 21.0. The minimum Gasteiger partial charge on any atom is -0.494 e. The van der Waals surface area contributed by atoms with E-state index in [0.29, 0.717) is 12.8 Å². The Kier molecular flexibility index (Phi) is 6.45. The second kappa shape index (κ2) is 9.45.